The van der Waals surface area contributed by atoms with Crippen molar-refractivity contribution in [3.63, 3.8) is 0 Å². The molecule has 1 aliphatic heterocycles. The van der Waals surface area contributed by atoms with Crippen LogP contribution in [0.15, 0.2) is 18.2 Å². The summed E-state index contributed by atoms with van der Waals surface area (Å²) in [6.07, 6.45) is 3.74. The zero-order chi connectivity index (χ0) is 10.8. The van der Waals surface area contributed by atoms with Crippen LogP contribution in [0.25, 0.3) is 0 Å². The maximum absolute atomic E-state index is 6.09. The van der Waals surface area contributed by atoms with E-state index in [1.807, 2.05) is 0 Å². The number of rotatable bonds is 2. The normalized spacial score (nSPS) is 22.1. The summed E-state index contributed by atoms with van der Waals surface area (Å²) in [6, 6.07) is 7.04. The Morgan fingerprint density at radius 1 is 1.47 bits per heavy atom. The molecule has 1 aromatic rings. The molecule has 0 amide bonds. The summed E-state index contributed by atoms with van der Waals surface area (Å²) >= 11 is 0. The Kier molecular flexibility index (Phi) is 2.96. The van der Waals surface area contributed by atoms with Gasteiger partial charge < -0.3 is 10.6 Å². The third-order valence-electron chi connectivity index (χ3n) is 3.54. The van der Waals surface area contributed by atoms with Gasteiger partial charge in [-0.2, -0.15) is 0 Å². The number of hydrogen-bond acceptors (Lipinski definition) is 2. The van der Waals surface area contributed by atoms with E-state index >= 15 is 0 Å². The molecule has 0 saturated carbocycles. The first-order valence-electron chi connectivity index (χ1n) is 5.72. The zero-order valence-electron chi connectivity index (χ0n) is 9.66. The van der Waals surface area contributed by atoms with Crippen molar-refractivity contribution in [2.75, 3.05) is 19.3 Å². The van der Waals surface area contributed by atoms with Crippen LogP contribution in [0, 0.1) is 6.92 Å². The van der Waals surface area contributed by atoms with Crippen molar-refractivity contribution in [1.29, 1.82) is 0 Å². The van der Waals surface area contributed by atoms with Gasteiger partial charge in [-0.25, -0.2) is 0 Å². The predicted molar refractivity (Wildman–Crippen MR) is 64.9 cm³/mol. The smallest absolute Gasteiger partial charge is 0.0376 e. The Morgan fingerprint density at radius 2 is 2.27 bits per heavy atom. The number of likely N-dealkylation sites (tertiary alicyclic amines) is 1. The molecule has 0 aromatic heterocycles. The second-order valence-corrected chi connectivity index (χ2v) is 4.63. The highest BCUT2D eigenvalue weighted by molar-refractivity contribution is 5.53. The van der Waals surface area contributed by atoms with E-state index in [9.17, 15) is 0 Å². The molecule has 1 aromatic carbocycles. The van der Waals surface area contributed by atoms with Gasteiger partial charge in [-0.3, -0.25) is 0 Å². The van der Waals surface area contributed by atoms with Crippen LogP contribution < -0.4 is 5.73 Å². The zero-order valence-corrected chi connectivity index (χ0v) is 9.66. The van der Waals surface area contributed by atoms with Crippen LogP contribution >= 0.6 is 0 Å². The first-order valence-corrected chi connectivity index (χ1v) is 5.72. The van der Waals surface area contributed by atoms with Crippen molar-refractivity contribution in [2.24, 2.45) is 0 Å². The van der Waals surface area contributed by atoms with E-state index in [-0.39, 0.29) is 0 Å². The Bertz CT molecular complexity index is 346. The van der Waals surface area contributed by atoms with Crippen molar-refractivity contribution in [3.8, 4) is 0 Å². The first kappa shape index (κ1) is 10.5. The topological polar surface area (TPSA) is 29.3 Å². The van der Waals surface area contributed by atoms with Gasteiger partial charge in [0.25, 0.3) is 0 Å². The number of para-hydroxylation sites is 1. The van der Waals surface area contributed by atoms with Crippen molar-refractivity contribution < 1.29 is 0 Å². The van der Waals surface area contributed by atoms with Crippen molar-refractivity contribution in [1.82, 2.24) is 4.90 Å². The third kappa shape index (κ3) is 2.15. The standard InChI is InChI=1S/C13H20N2/c1-10-5-3-6-11(13(10)14)9-12-7-4-8-15(12)2/h3,5-6,12H,4,7-9,14H2,1-2H3. The Hall–Kier alpha value is -1.02. The molecule has 0 spiro atoms. The van der Waals surface area contributed by atoms with E-state index in [0.29, 0.717) is 6.04 Å². The molecule has 1 heterocycles. The van der Waals surface area contributed by atoms with E-state index in [4.69, 9.17) is 5.73 Å². The number of benzene rings is 1. The van der Waals surface area contributed by atoms with Crippen LogP contribution in [0.1, 0.15) is 24.0 Å². The molecule has 1 unspecified atom stereocenters. The SMILES string of the molecule is Cc1cccc(CC2CCCN2C)c1N. The fourth-order valence-electron chi connectivity index (χ4n) is 2.41. The van der Waals surface area contributed by atoms with Crippen LogP contribution in [0.4, 0.5) is 5.69 Å². The van der Waals surface area contributed by atoms with Crippen LogP contribution in [0.2, 0.25) is 0 Å². The molecule has 2 nitrogen and oxygen atoms in total. The number of nitrogen functional groups attached to an aromatic ring is 1. The van der Waals surface area contributed by atoms with E-state index in [1.165, 1.54) is 30.5 Å². The molecule has 1 fully saturated rings. The van der Waals surface area contributed by atoms with Crippen LogP contribution in [0.3, 0.4) is 0 Å². The van der Waals surface area contributed by atoms with Crippen LogP contribution in [-0.2, 0) is 6.42 Å². The molecular weight excluding hydrogens is 184 g/mol. The number of anilines is 1. The molecule has 82 valence electrons. The van der Waals surface area contributed by atoms with E-state index in [1.54, 1.807) is 0 Å². The molecule has 0 aliphatic carbocycles. The summed E-state index contributed by atoms with van der Waals surface area (Å²) in [7, 11) is 2.21. The lowest BCUT2D eigenvalue weighted by atomic mass is 10.00. The van der Waals surface area contributed by atoms with Crippen LogP contribution in [-0.4, -0.2) is 24.5 Å². The summed E-state index contributed by atoms with van der Waals surface area (Å²) in [6.45, 7) is 3.31. The maximum atomic E-state index is 6.09. The Labute approximate surface area is 92.1 Å². The van der Waals surface area contributed by atoms with Gasteiger partial charge in [-0.05, 0) is 50.9 Å². The number of nitrogens with zero attached hydrogens (tertiary/aromatic N) is 1. The Morgan fingerprint density at radius 3 is 2.93 bits per heavy atom. The molecule has 2 rings (SSSR count). The fourth-order valence-corrected chi connectivity index (χ4v) is 2.41. The summed E-state index contributed by atoms with van der Waals surface area (Å²) < 4.78 is 0. The molecule has 0 radical (unpaired) electrons. The van der Waals surface area contributed by atoms with Gasteiger partial charge in [-0.1, -0.05) is 18.2 Å². The highest BCUT2D eigenvalue weighted by atomic mass is 15.1. The second kappa shape index (κ2) is 4.23. The van der Waals surface area contributed by atoms with E-state index in [0.717, 1.165) is 12.1 Å². The lowest BCUT2D eigenvalue weighted by molar-refractivity contribution is 0.309. The van der Waals surface area contributed by atoms with Gasteiger partial charge in [0, 0.05) is 11.7 Å². The van der Waals surface area contributed by atoms with Crippen molar-refractivity contribution >= 4 is 5.69 Å². The Balaban J connectivity index is 2.13. The lowest BCUT2D eigenvalue weighted by Gasteiger charge is -2.20. The number of nitrogens with two attached hydrogens (primary N) is 1. The molecule has 1 saturated heterocycles. The largest absolute Gasteiger partial charge is 0.398 e. The quantitative estimate of drug-likeness (QED) is 0.748. The predicted octanol–water partition coefficient (Wildman–Crippen LogP) is 2.21. The average molecular weight is 204 g/mol. The number of hydrogen-bond donors (Lipinski definition) is 1. The number of aryl methyl sites for hydroxylation is 1. The minimum atomic E-state index is 0.689. The fraction of sp³-hybridized carbons (Fsp3) is 0.538. The second-order valence-electron chi connectivity index (χ2n) is 4.63. The van der Waals surface area contributed by atoms with Gasteiger partial charge >= 0.3 is 0 Å². The van der Waals surface area contributed by atoms with Crippen molar-refractivity contribution in [3.05, 3.63) is 29.3 Å². The average Bonchev–Trinajstić information content (AvgIpc) is 2.60. The minimum absolute atomic E-state index is 0.689. The summed E-state index contributed by atoms with van der Waals surface area (Å²) in [5.74, 6) is 0. The van der Waals surface area contributed by atoms with Gasteiger partial charge in [0.1, 0.15) is 0 Å². The summed E-state index contributed by atoms with van der Waals surface area (Å²) in [5, 5.41) is 0. The van der Waals surface area contributed by atoms with E-state index < -0.39 is 0 Å². The highest BCUT2D eigenvalue weighted by Crippen LogP contribution is 2.23. The third-order valence-corrected chi connectivity index (χ3v) is 3.54. The van der Waals surface area contributed by atoms with Gasteiger partial charge in [0.15, 0.2) is 0 Å². The monoisotopic (exact) mass is 204 g/mol. The lowest BCUT2D eigenvalue weighted by Crippen LogP contribution is -2.27. The molecule has 2 N–H and O–H groups in total. The molecule has 15 heavy (non-hydrogen) atoms. The van der Waals surface area contributed by atoms with Gasteiger partial charge in [0.05, 0.1) is 0 Å². The summed E-state index contributed by atoms with van der Waals surface area (Å²) in [4.78, 5) is 2.45. The molecule has 0 bridgehead atoms. The molecule has 2 heteroatoms. The number of likely N-dealkylation sites (N-methyl/N-ethyl adjacent to an activating group) is 1. The van der Waals surface area contributed by atoms with Gasteiger partial charge in [0.2, 0.25) is 0 Å². The molecule has 1 atom stereocenters. The molecular formula is C13H20N2. The van der Waals surface area contributed by atoms with Crippen molar-refractivity contribution in [2.45, 2.75) is 32.2 Å². The van der Waals surface area contributed by atoms with E-state index in [2.05, 4.69) is 37.1 Å². The molecule has 1 aliphatic rings. The van der Waals surface area contributed by atoms with Gasteiger partial charge in [-0.15, -0.1) is 0 Å². The first-order chi connectivity index (χ1) is 7.18. The summed E-state index contributed by atoms with van der Waals surface area (Å²) in [5.41, 5.74) is 9.59. The van der Waals surface area contributed by atoms with Crippen LogP contribution in [0.5, 0.6) is 0 Å². The minimum Gasteiger partial charge on any atom is -0.398 e. The maximum Gasteiger partial charge on any atom is 0.0376 e. The highest BCUT2D eigenvalue weighted by Gasteiger charge is 2.21.